The Kier molecular flexibility index (Phi) is 5.86. The summed E-state index contributed by atoms with van der Waals surface area (Å²) >= 11 is 12.2. The lowest BCUT2D eigenvalue weighted by atomic mass is 10.2. The summed E-state index contributed by atoms with van der Waals surface area (Å²) in [5.41, 5.74) is 9.54. The van der Waals surface area contributed by atoms with Crippen LogP contribution in [-0.4, -0.2) is 19.7 Å². The number of nitrogens with zero attached hydrogens (tertiary/aromatic N) is 4. The van der Waals surface area contributed by atoms with Crippen LogP contribution in [0.25, 0.3) is 22.4 Å². The second-order valence-corrected chi connectivity index (χ2v) is 8.37. The maximum Gasteiger partial charge on any atom is 0.186 e. The molecule has 164 valence electrons. The average molecular weight is 476 g/mol. The van der Waals surface area contributed by atoms with Crippen LogP contribution >= 0.6 is 23.2 Å². The van der Waals surface area contributed by atoms with Gasteiger partial charge in [0.1, 0.15) is 18.2 Å². The Morgan fingerprint density at radius 1 is 0.909 bits per heavy atom. The van der Waals surface area contributed by atoms with E-state index < -0.39 is 0 Å². The molecule has 2 N–H and O–H groups in total. The Balaban J connectivity index is 1.39. The Morgan fingerprint density at radius 2 is 1.73 bits per heavy atom. The van der Waals surface area contributed by atoms with Crippen molar-refractivity contribution in [2.24, 2.45) is 0 Å². The minimum absolute atomic E-state index is 0.368. The summed E-state index contributed by atoms with van der Waals surface area (Å²) < 4.78 is 7.70. The number of nitrogen functional groups attached to an aromatic ring is 1. The van der Waals surface area contributed by atoms with Crippen molar-refractivity contribution in [1.29, 1.82) is 0 Å². The van der Waals surface area contributed by atoms with Crippen molar-refractivity contribution in [3.8, 4) is 17.1 Å². The van der Waals surface area contributed by atoms with Crippen molar-refractivity contribution in [1.82, 2.24) is 19.7 Å². The zero-order valence-electron chi connectivity index (χ0n) is 17.5. The molecule has 5 aromatic rings. The normalized spacial score (nSPS) is 11.1. The Bertz CT molecular complexity index is 1430. The van der Waals surface area contributed by atoms with Crippen LogP contribution in [0, 0.1) is 0 Å². The molecule has 0 amide bonds. The summed E-state index contributed by atoms with van der Waals surface area (Å²) in [6.45, 7) is 0.938. The first-order valence-corrected chi connectivity index (χ1v) is 11.0. The number of benzene rings is 3. The fraction of sp³-hybridized carbons (Fsp3) is 0.0800. The lowest BCUT2D eigenvalue weighted by molar-refractivity contribution is 0.306. The van der Waals surface area contributed by atoms with Crippen LogP contribution < -0.4 is 10.5 Å². The number of nitrogens with two attached hydrogens (primary N) is 1. The highest BCUT2D eigenvalue weighted by molar-refractivity contribution is 6.31. The van der Waals surface area contributed by atoms with Crippen molar-refractivity contribution in [2.45, 2.75) is 13.2 Å². The maximum absolute atomic E-state index is 6.28. The molecule has 0 bridgehead atoms. The summed E-state index contributed by atoms with van der Waals surface area (Å²) in [7, 11) is 0. The number of hydrogen-bond acceptors (Lipinski definition) is 5. The van der Waals surface area contributed by atoms with Gasteiger partial charge in [0, 0.05) is 21.8 Å². The van der Waals surface area contributed by atoms with Gasteiger partial charge >= 0.3 is 0 Å². The molecule has 33 heavy (non-hydrogen) atoms. The first kappa shape index (κ1) is 21.2. The van der Waals surface area contributed by atoms with Crippen molar-refractivity contribution in [3.63, 3.8) is 0 Å². The molecule has 5 rings (SSSR count). The number of ether oxygens (including phenoxy) is 1. The van der Waals surface area contributed by atoms with Gasteiger partial charge in [0.2, 0.25) is 0 Å². The summed E-state index contributed by atoms with van der Waals surface area (Å²) in [5, 5.41) is 6.66. The summed E-state index contributed by atoms with van der Waals surface area (Å²) in [6, 6.07) is 22.8. The molecule has 0 aliphatic rings. The minimum atomic E-state index is 0.368. The van der Waals surface area contributed by atoms with Crippen molar-refractivity contribution >= 4 is 40.1 Å². The molecule has 0 saturated carbocycles. The van der Waals surface area contributed by atoms with Crippen LogP contribution in [-0.2, 0) is 13.2 Å². The number of halogens is 2. The highest BCUT2D eigenvalue weighted by atomic mass is 35.5. The molecular formula is C25H19Cl2N5O. The molecule has 2 heterocycles. The SMILES string of the molecule is Nc1nc(-c2cccc(OCc3ccc(Cl)cc3)c2)nc2nn(Cc3ccccc3Cl)cc12. The Labute approximate surface area is 200 Å². The van der Waals surface area contributed by atoms with Crippen molar-refractivity contribution < 1.29 is 4.74 Å². The zero-order valence-corrected chi connectivity index (χ0v) is 19.0. The van der Waals surface area contributed by atoms with E-state index in [1.807, 2.05) is 79.0 Å². The van der Waals surface area contributed by atoms with E-state index in [0.29, 0.717) is 51.6 Å². The number of rotatable bonds is 6. The lowest BCUT2D eigenvalue weighted by Gasteiger charge is -2.08. The van der Waals surface area contributed by atoms with Crippen LogP contribution in [0.2, 0.25) is 10.0 Å². The second-order valence-electron chi connectivity index (χ2n) is 7.53. The summed E-state index contributed by atoms with van der Waals surface area (Å²) in [6.07, 6.45) is 1.84. The van der Waals surface area contributed by atoms with E-state index in [9.17, 15) is 0 Å². The minimum Gasteiger partial charge on any atom is -0.489 e. The average Bonchev–Trinajstić information content (AvgIpc) is 3.24. The van der Waals surface area contributed by atoms with Gasteiger partial charge in [-0.3, -0.25) is 4.68 Å². The van der Waals surface area contributed by atoms with Crippen LogP contribution in [0.3, 0.4) is 0 Å². The Hall–Kier alpha value is -3.61. The van der Waals surface area contributed by atoms with E-state index in [1.165, 1.54) is 0 Å². The van der Waals surface area contributed by atoms with Gasteiger partial charge in [0.25, 0.3) is 0 Å². The lowest BCUT2D eigenvalue weighted by Crippen LogP contribution is -2.00. The first-order chi connectivity index (χ1) is 16.0. The summed E-state index contributed by atoms with van der Waals surface area (Å²) in [5.74, 6) is 1.56. The molecule has 3 aromatic carbocycles. The van der Waals surface area contributed by atoms with Gasteiger partial charge in [-0.2, -0.15) is 5.10 Å². The number of aromatic nitrogens is 4. The van der Waals surface area contributed by atoms with E-state index >= 15 is 0 Å². The first-order valence-electron chi connectivity index (χ1n) is 10.3. The van der Waals surface area contributed by atoms with Crippen LogP contribution in [0.5, 0.6) is 5.75 Å². The molecule has 8 heteroatoms. The fourth-order valence-corrected chi connectivity index (χ4v) is 3.78. The molecule has 0 fully saturated rings. The molecule has 0 spiro atoms. The molecular weight excluding hydrogens is 457 g/mol. The predicted molar refractivity (Wildman–Crippen MR) is 132 cm³/mol. The highest BCUT2D eigenvalue weighted by Gasteiger charge is 2.13. The maximum atomic E-state index is 6.28. The van der Waals surface area contributed by atoms with Gasteiger partial charge in [-0.1, -0.05) is 65.7 Å². The zero-order chi connectivity index (χ0) is 22.8. The number of hydrogen-bond donors (Lipinski definition) is 1. The Morgan fingerprint density at radius 3 is 2.55 bits per heavy atom. The smallest absolute Gasteiger partial charge is 0.186 e. The number of fused-ring (bicyclic) bond motifs is 1. The third-order valence-corrected chi connectivity index (χ3v) is 5.78. The van der Waals surface area contributed by atoms with E-state index in [2.05, 4.69) is 15.1 Å². The van der Waals surface area contributed by atoms with Gasteiger partial charge in [0.15, 0.2) is 11.5 Å². The van der Waals surface area contributed by atoms with Gasteiger partial charge in [-0.15, -0.1) is 0 Å². The van der Waals surface area contributed by atoms with Crippen LogP contribution in [0.1, 0.15) is 11.1 Å². The topological polar surface area (TPSA) is 78.8 Å². The molecule has 0 aliphatic heterocycles. The highest BCUT2D eigenvalue weighted by Crippen LogP contribution is 2.26. The third kappa shape index (κ3) is 4.77. The summed E-state index contributed by atoms with van der Waals surface area (Å²) in [4.78, 5) is 9.13. The fourth-order valence-electron chi connectivity index (χ4n) is 3.46. The van der Waals surface area contributed by atoms with E-state index in [-0.39, 0.29) is 0 Å². The third-order valence-electron chi connectivity index (χ3n) is 5.16. The largest absolute Gasteiger partial charge is 0.489 e. The van der Waals surface area contributed by atoms with Crippen LogP contribution in [0.4, 0.5) is 5.82 Å². The molecule has 0 atom stereocenters. The monoisotopic (exact) mass is 475 g/mol. The molecule has 6 nitrogen and oxygen atoms in total. The van der Waals surface area contributed by atoms with E-state index in [4.69, 9.17) is 33.7 Å². The second kappa shape index (κ2) is 9.10. The van der Waals surface area contributed by atoms with Crippen LogP contribution in [0.15, 0.2) is 79.0 Å². The molecule has 0 unspecified atom stereocenters. The van der Waals surface area contributed by atoms with Crippen molar-refractivity contribution in [2.75, 3.05) is 5.73 Å². The predicted octanol–water partition coefficient (Wildman–Crippen LogP) is 6.01. The van der Waals surface area contributed by atoms with E-state index in [1.54, 1.807) is 4.68 Å². The quantitative estimate of drug-likeness (QED) is 0.325. The number of anilines is 1. The van der Waals surface area contributed by atoms with Crippen molar-refractivity contribution in [3.05, 3.63) is 100 Å². The van der Waals surface area contributed by atoms with Gasteiger partial charge < -0.3 is 10.5 Å². The molecule has 2 aromatic heterocycles. The molecule has 0 radical (unpaired) electrons. The van der Waals surface area contributed by atoms with E-state index in [0.717, 1.165) is 16.7 Å². The molecule has 0 saturated heterocycles. The van der Waals surface area contributed by atoms with Gasteiger partial charge in [-0.25, -0.2) is 9.97 Å². The molecule has 0 aliphatic carbocycles. The standard InChI is InChI=1S/C25H19Cl2N5O/c26-19-10-8-16(9-11-19)15-33-20-6-3-5-17(12-20)24-29-23(28)21-14-32(31-25(21)30-24)13-18-4-1-2-7-22(18)27/h1-12,14H,13,15H2,(H2,28,29,30,31). The van der Waals surface area contributed by atoms with Gasteiger partial charge in [-0.05, 0) is 41.5 Å². The van der Waals surface area contributed by atoms with Gasteiger partial charge in [0.05, 0.1) is 11.9 Å².